The largest absolute Gasteiger partial charge is 0.327 e. The number of nitrogens with one attached hydrogen (secondary N) is 2. The van der Waals surface area contributed by atoms with Gasteiger partial charge in [0.2, 0.25) is 5.91 Å². The zero-order valence-electron chi connectivity index (χ0n) is 16.8. The quantitative estimate of drug-likeness (QED) is 0.720. The molecule has 2 N–H and O–H groups in total. The summed E-state index contributed by atoms with van der Waals surface area (Å²) in [5, 5.41) is 0. The van der Waals surface area contributed by atoms with Crippen LogP contribution in [0.4, 0.5) is 0 Å². The van der Waals surface area contributed by atoms with Gasteiger partial charge in [-0.05, 0) is 31.6 Å². The van der Waals surface area contributed by atoms with E-state index in [-0.39, 0.29) is 29.8 Å². The van der Waals surface area contributed by atoms with Gasteiger partial charge >= 0.3 is 0 Å². The lowest BCUT2D eigenvalue weighted by Crippen LogP contribution is -2.42. The third kappa shape index (κ3) is 4.56. The summed E-state index contributed by atoms with van der Waals surface area (Å²) < 4.78 is 25.2. The molecule has 0 aliphatic carbocycles. The molecule has 4 rings (SSSR count). The summed E-state index contributed by atoms with van der Waals surface area (Å²) in [5.41, 5.74) is 7.06. The lowest BCUT2D eigenvalue weighted by atomic mass is 10.1. The topological polar surface area (TPSA) is 110 Å². The predicted molar refractivity (Wildman–Crippen MR) is 112 cm³/mol. The van der Waals surface area contributed by atoms with Gasteiger partial charge in [0.15, 0.2) is 15.5 Å². The van der Waals surface area contributed by atoms with E-state index in [0.29, 0.717) is 12.1 Å². The second kappa shape index (κ2) is 8.59. The Labute approximate surface area is 176 Å². The highest BCUT2D eigenvalue weighted by molar-refractivity contribution is 7.91. The molecular formula is C21H26N4O4S. The van der Waals surface area contributed by atoms with Crippen LogP contribution in [0.25, 0.3) is 11.4 Å². The monoisotopic (exact) mass is 430 g/mol. The summed E-state index contributed by atoms with van der Waals surface area (Å²) in [4.78, 5) is 29.6. The first kappa shape index (κ1) is 20.6. The summed E-state index contributed by atoms with van der Waals surface area (Å²) in [6.07, 6.45) is 4.44. The zero-order chi connectivity index (χ0) is 21.1. The van der Waals surface area contributed by atoms with Crippen molar-refractivity contribution in [1.82, 2.24) is 20.4 Å². The van der Waals surface area contributed by atoms with Crippen molar-refractivity contribution in [2.45, 2.75) is 45.1 Å². The molecule has 1 unspecified atom stereocenters. The molecular weight excluding hydrogens is 404 g/mol. The van der Waals surface area contributed by atoms with E-state index >= 15 is 0 Å². The molecule has 1 saturated heterocycles. The second-order valence-corrected chi connectivity index (χ2v) is 10.3. The molecule has 1 aromatic heterocycles. The number of benzene rings is 1. The third-order valence-corrected chi connectivity index (χ3v) is 7.57. The van der Waals surface area contributed by atoms with Crippen LogP contribution in [0.5, 0.6) is 0 Å². The number of sulfone groups is 1. The van der Waals surface area contributed by atoms with Crippen LogP contribution in [0, 0.1) is 5.92 Å². The van der Waals surface area contributed by atoms with Crippen molar-refractivity contribution in [3.8, 4) is 11.4 Å². The molecule has 9 heteroatoms. The normalized spacial score (nSPS) is 20.2. The fourth-order valence-corrected chi connectivity index (χ4v) is 6.10. The van der Waals surface area contributed by atoms with Gasteiger partial charge in [0.25, 0.3) is 5.91 Å². The van der Waals surface area contributed by atoms with E-state index in [2.05, 4.69) is 20.4 Å². The van der Waals surface area contributed by atoms with Gasteiger partial charge < -0.3 is 4.57 Å². The van der Waals surface area contributed by atoms with Gasteiger partial charge in [0.05, 0.1) is 17.2 Å². The van der Waals surface area contributed by atoms with Crippen molar-refractivity contribution in [3.05, 3.63) is 41.7 Å². The number of hydrogen-bond donors (Lipinski definition) is 2. The maximum atomic E-state index is 12.8. The number of imidazole rings is 1. The van der Waals surface area contributed by atoms with Crippen molar-refractivity contribution < 1.29 is 18.0 Å². The maximum Gasteiger partial charge on any atom is 0.290 e. The van der Waals surface area contributed by atoms with E-state index in [0.717, 1.165) is 49.3 Å². The minimum atomic E-state index is -3.03. The van der Waals surface area contributed by atoms with Gasteiger partial charge in [-0.2, -0.15) is 0 Å². The predicted octanol–water partition coefficient (Wildman–Crippen LogP) is 1.86. The molecule has 8 nitrogen and oxygen atoms in total. The molecule has 2 aliphatic rings. The Hall–Kier alpha value is -2.68. The number of nitrogens with zero attached hydrogens (tertiary/aromatic N) is 2. The van der Waals surface area contributed by atoms with Crippen LogP contribution in [0.2, 0.25) is 0 Å². The van der Waals surface area contributed by atoms with Crippen LogP contribution < -0.4 is 10.9 Å². The molecule has 3 heterocycles. The molecule has 2 aliphatic heterocycles. The number of hydrogen-bond acceptors (Lipinski definition) is 5. The van der Waals surface area contributed by atoms with Crippen molar-refractivity contribution in [1.29, 1.82) is 0 Å². The minimum Gasteiger partial charge on any atom is -0.327 e. The molecule has 2 amide bonds. The number of carbonyl (C=O) groups is 2. The number of aromatic nitrogens is 2. The van der Waals surface area contributed by atoms with E-state index in [1.807, 2.05) is 30.3 Å². The lowest BCUT2D eigenvalue weighted by Gasteiger charge is -2.10. The Morgan fingerprint density at radius 3 is 2.63 bits per heavy atom. The van der Waals surface area contributed by atoms with Crippen molar-refractivity contribution in [2.75, 3.05) is 11.5 Å². The van der Waals surface area contributed by atoms with Crippen molar-refractivity contribution in [3.63, 3.8) is 0 Å². The van der Waals surface area contributed by atoms with E-state index < -0.39 is 15.7 Å². The average Bonchev–Trinajstić information content (AvgIpc) is 3.16. The number of hydrazine groups is 1. The first-order valence-corrected chi connectivity index (χ1v) is 12.2. The first-order valence-electron chi connectivity index (χ1n) is 10.4. The van der Waals surface area contributed by atoms with E-state index in [1.165, 1.54) is 0 Å². The van der Waals surface area contributed by atoms with E-state index in [4.69, 9.17) is 0 Å². The Balaban J connectivity index is 1.47. The van der Waals surface area contributed by atoms with Crippen molar-refractivity contribution >= 4 is 21.7 Å². The number of fused-ring (bicyclic) bond motifs is 1. The molecule has 1 aromatic carbocycles. The van der Waals surface area contributed by atoms with Gasteiger partial charge in [0, 0.05) is 18.5 Å². The Morgan fingerprint density at radius 2 is 1.90 bits per heavy atom. The average molecular weight is 431 g/mol. The molecule has 2 aromatic rings. The maximum absolute atomic E-state index is 12.8. The van der Waals surface area contributed by atoms with Gasteiger partial charge in [-0.15, -0.1) is 0 Å². The molecule has 30 heavy (non-hydrogen) atoms. The minimum absolute atomic E-state index is 0.0311. The van der Waals surface area contributed by atoms with Crippen molar-refractivity contribution in [2.24, 2.45) is 5.92 Å². The molecule has 0 saturated carbocycles. The van der Waals surface area contributed by atoms with Crippen LogP contribution in [0.1, 0.15) is 48.3 Å². The Morgan fingerprint density at radius 1 is 1.10 bits per heavy atom. The SMILES string of the molecule is O=C(CC1CCS(=O)(=O)C1)NNC(=O)c1nc(-c2ccccc2)n2c1CCCCC2. The molecule has 0 radical (unpaired) electrons. The highest BCUT2D eigenvalue weighted by Gasteiger charge is 2.30. The smallest absolute Gasteiger partial charge is 0.290 e. The third-order valence-electron chi connectivity index (χ3n) is 5.73. The fourth-order valence-electron chi connectivity index (χ4n) is 4.24. The highest BCUT2D eigenvalue weighted by Crippen LogP contribution is 2.27. The molecule has 1 fully saturated rings. The van der Waals surface area contributed by atoms with Crippen LogP contribution in [-0.2, 0) is 27.6 Å². The Bertz CT molecular complexity index is 1050. The van der Waals surface area contributed by atoms with E-state index in [1.54, 1.807) is 0 Å². The summed E-state index contributed by atoms with van der Waals surface area (Å²) in [5.74, 6) is -0.112. The number of amides is 2. The van der Waals surface area contributed by atoms with Crippen LogP contribution >= 0.6 is 0 Å². The van der Waals surface area contributed by atoms with Crippen LogP contribution in [-0.4, -0.2) is 41.3 Å². The fraction of sp³-hybridized carbons (Fsp3) is 0.476. The van der Waals surface area contributed by atoms with Gasteiger partial charge in [-0.1, -0.05) is 36.8 Å². The first-order chi connectivity index (χ1) is 14.4. The van der Waals surface area contributed by atoms with Crippen LogP contribution in [0.3, 0.4) is 0 Å². The summed E-state index contributed by atoms with van der Waals surface area (Å²) >= 11 is 0. The second-order valence-electron chi connectivity index (χ2n) is 8.03. The molecule has 160 valence electrons. The summed E-state index contributed by atoms with van der Waals surface area (Å²) in [7, 11) is -3.03. The highest BCUT2D eigenvalue weighted by atomic mass is 32.2. The van der Waals surface area contributed by atoms with Gasteiger partial charge in [0.1, 0.15) is 5.82 Å². The summed E-state index contributed by atoms with van der Waals surface area (Å²) in [6, 6.07) is 9.77. The standard InChI is InChI=1S/C21H26N4O4S/c26-18(13-15-10-12-30(28,29)14-15)23-24-21(27)19-17-9-5-2-6-11-25(17)20(22-19)16-7-3-1-4-8-16/h1,3-4,7-8,15H,2,5-6,9-14H2,(H,23,26)(H,24,27). The van der Waals surface area contributed by atoms with Crippen LogP contribution in [0.15, 0.2) is 30.3 Å². The van der Waals surface area contributed by atoms with Gasteiger partial charge in [-0.25, -0.2) is 13.4 Å². The zero-order valence-corrected chi connectivity index (χ0v) is 17.6. The lowest BCUT2D eigenvalue weighted by molar-refractivity contribution is -0.122. The molecule has 0 spiro atoms. The molecule has 1 atom stereocenters. The summed E-state index contributed by atoms with van der Waals surface area (Å²) in [6.45, 7) is 0.808. The number of carbonyl (C=O) groups excluding carboxylic acids is 2. The number of rotatable bonds is 4. The molecule has 0 bridgehead atoms. The van der Waals surface area contributed by atoms with E-state index in [9.17, 15) is 18.0 Å². The Kier molecular flexibility index (Phi) is 5.90. The van der Waals surface area contributed by atoms with Gasteiger partial charge in [-0.3, -0.25) is 20.4 Å².